The SMILES string of the molecule is NS(=O)(=O)c1cccc(CCCCCCO)c1[N+](=O)[O-]. The van der Waals surface area contributed by atoms with E-state index >= 15 is 0 Å². The molecule has 1 aromatic carbocycles. The largest absolute Gasteiger partial charge is 0.396 e. The number of hydrogen-bond acceptors (Lipinski definition) is 5. The van der Waals surface area contributed by atoms with Crippen LogP contribution in [0.15, 0.2) is 23.1 Å². The van der Waals surface area contributed by atoms with Gasteiger partial charge in [-0.1, -0.05) is 25.0 Å². The molecular formula is C12H18N2O5S. The highest BCUT2D eigenvalue weighted by molar-refractivity contribution is 7.89. The lowest BCUT2D eigenvalue weighted by Gasteiger charge is -2.06. The number of rotatable bonds is 8. The highest BCUT2D eigenvalue weighted by Gasteiger charge is 2.25. The second-order valence-corrected chi connectivity index (χ2v) is 5.98. The van der Waals surface area contributed by atoms with E-state index in [0.717, 1.165) is 18.9 Å². The summed E-state index contributed by atoms with van der Waals surface area (Å²) in [6.07, 6.45) is 3.44. The second-order valence-electron chi connectivity index (χ2n) is 4.45. The summed E-state index contributed by atoms with van der Waals surface area (Å²) in [6, 6.07) is 4.14. The highest BCUT2D eigenvalue weighted by Crippen LogP contribution is 2.28. The Balaban J connectivity index is 2.94. The van der Waals surface area contributed by atoms with Gasteiger partial charge < -0.3 is 5.11 Å². The number of benzene rings is 1. The summed E-state index contributed by atoms with van der Waals surface area (Å²) in [6.45, 7) is 0.126. The molecular weight excluding hydrogens is 284 g/mol. The number of nitro benzene ring substituents is 1. The number of hydrogen-bond donors (Lipinski definition) is 2. The van der Waals surface area contributed by atoms with E-state index in [1.165, 1.54) is 6.07 Å². The van der Waals surface area contributed by atoms with Gasteiger partial charge in [0, 0.05) is 12.2 Å². The first-order valence-electron chi connectivity index (χ1n) is 6.28. The van der Waals surface area contributed by atoms with Crippen LogP contribution in [0.1, 0.15) is 31.2 Å². The van der Waals surface area contributed by atoms with Gasteiger partial charge in [0.15, 0.2) is 4.90 Å². The van der Waals surface area contributed by atoms with Crippen molar-refractivity contribution in [3.63, 3.8) is 0 Å². The van der Waals surface area contributed by atoms with Gasteiger partial charge in [0.05, 0.1) is 4.92 Å². The maximum Gasteiger partial charge on any atom is 0.292 e. The predicted molar refractivity (Wildman–Crippen MR) is 73.7 cm³/mol. The van der Waals surface area contributed by atoms with Gasteiger partial charge in [-0.2, -0.15) is 0 Å². The van der Waals surface area contributed by atoms with E-state index in [1.807, 2.05) is 0 Å². The minimum atomic E-state index is -4.11. The minimum absolute atomic E-state index is 0.126. The van der Waals surface area contributed by atoms with Crippen molar-refractivity contribution >= 4 is 15.7 Å². The van der Waals surface area contributed by atoms with Crippen LogP contribution in [-0.2, 0) is 16.4 Å². The van der Waals surface area contributed by atoms with Crippen LogP contribution in [0.25, 0.3) is 0 Å². The molecule has 8 heteroatoms. The molecule has 0 heterocycles. The Morgan fingerprint density at radius 1 is 1.20 bits per heavy atom. The van der Waals surface area contributed by atoms with Gasteiger partial charge >= 0.3 is 0 Å². The summed E-state index contributed by atoms with van der Waals surface area (Å²) in [5.74, 6) is 0. The fourth-order valence-electron chi connectivity index (χ4n) is 1.99. The number of para-hydroxylation sites is 1. The predicted octanol–water partition coefficient (Wildman–Crippen LogP) is 1.34. The number of nitrogens with two attached hydrogens (primary N) is 1. The summed E-state index contributed by atoms with van der Waals surface area (Å²) in [5, 5.41) is 24.7. The van der Waals surface area contributed by atoms with Gasteiger partial charge in [0.1, 0.15) is 0 Å². The number of aliphatic hydroxyl groups excluding tert-OH is 1. The zero-order chi connectivity index (χ0) is 15.2. The van der Waals surface area contributed by atoms with Crippen LogP contribution >= 0.6 is 0 Å². The molecule has 0 atom stereocenters. The third-order valence-electron chi connectivity index (χ3n) is 2.93. The molecule has 7 nitrogen and oxygen atoms in total. The number of sulfonamides is 1. The molecule has 0 fully saturated rings. The number of unbranched alkanes of at least 4 members (excludes halogenated alkanes) is 3. The van der Waals surface area contributed by atoms with Crippen molar-refractivity contribution in [2.75, 3.05) is 6.61 Å². The lowest BCUT2D eigenvalue weighted by atomic mass is 10.0. The molecule has 0 amide bonds. The third-order valence-corrected chi connectivity index (χ3v) is 3.87. The maximum absolute atomic E-state index is 11.4. The maximum atomic E-state index is 11.4. The molecule has 112 valence electrons. The normalized spacial score (nSPS) is 11.5. The van der Waals surface area contributed by atoms with Crippen molar-refractivity contribution in [3.8, 4) is 0 Å². The molecule has 0 aliphatic heterocycles. The lowest BCUT2D eigenvalue weighted by Crippen LogP contribution is -2.15. The van der Waals surface area contributed by atoms with E-state index in [1.54, 1.807) is 6.07 Å². The fourth-order valence-corrected chi connectivity index (χ4v) is 2.73. The smallest absolute Gasteiger partial charge is 0.292 e. The lowest BCUT2D eigenvalue weighted by molar-refractivity contribution is -0.388. The van der Waals surface area contributed by atoms with Crippen molar-refractivity contribution < 1.29 is 18.4 Å². The Hall–Kier alpha value is -1.51. The van der Waals surface area contributed by atoms with Crippen molar-refractivity contribution in [1.29, 1.82) is 0 Å². The Morgan fingerprint density at radius 2 is 1.85 bits per heavy atom. The molecule has 1 aromatic rings. The van der Waals surface area contributed by atoms with Crippen molar-refractivity contribution in [1.82, 2.24) is 0 Å². The average Bonchev–Trinajstić information content (AvgIpc) is 2.37. The fraction of sp³-hybridized carbons (Fsp3) is 0.500. The zero-order valence-electron chi connectivity index (χ0n) is 11.0. The molecule has 0 saturated heterocycles. The molecule has 0 spiro atoms. The van der Waals surface area contributed by atoms with Crippen LogP contribution in [0.2, 0.25) is 0 Å². The van der Waals surface area contributed by atoms with Crippen molar-refractivity contribution in [2.45, 2.75) is 37.0 Å². The van der Waals surface area contributed by atoms with E-state index in [-0.39, 0.29) is 6.61 Å². The van der Waals surface area contributed by atoms with E-state index in [9.17, 15) is 18.5 Å². The summed E-state index contributed by atoms with van der Waals surface area (Å²) < 4.78 is 22.7. The van der Waals surface area contributed by atoms with Crippen LogP contribution < -0.4 is 5.14 Å². The Labute approximate surface area is 117 Å². The molecule has 0 aromatic heterocycles. The van der Waals surface area contributed by atoms with Crippen LogP contribution in [0, 0.1) is 10.1 Å². The standard InChI is InChI=1S/C12H18N2O5S/c13-20(18,19)11-8-5-7-10(12(11)14(16)17)6-3-1-2-4-9-15/h5,7-8,15H,1-4,6,9H2,(H2,13,18,19). The summed E-state index contributed by atoms with van der Waals surface area (Å²) in [4.78, 5) is 9.92. The van der Waals surface area contributed by atoms with E-state index in [2.05, 4.69) is 0 Å². The van der Waals surface area contributed by atoms with Gasteiger partial charge in [-0.25, -0.2) is 13.6 Å². The van der Waals surface area contributed by atoms with E-state index in [4.69, 9.17) is 10.2 Å². The van der Waals surface area contributed by atoms with Gasteiger partial charge in [0.25, 0.3) is 5.69 Å². The molecule has 20 heavy (non-hydrogen) atoms. The molecule has 0 unspecified atom stereocenters. The molecule has 1 rings (SSSR count). The number of aryl methyl sites for hydroxylation is 1. The zero-order valence-corrected chi connectivity index (χ0v) is 11.8. The van der Waals surface area contributed by atoms with Crippen molar-refractivity contribution in [2.24, 2.45) is 5.14 Å². The highest BCUT2D eigenvalue weighted by atomic mass is 32.2. The van der Waals surface area contributed by atoms with Gasteiger partial charge in [-0.05, 0) is 25.3 Å². The Kier molecular flexibility index (Phi) is 6.05. The van der Waals surface area contributed by atoms with E-state index < -0.39 is 25.5 Å². The van der Waals surface area contributed by atoms with Gasteiger partial charge in [0.2, 0.25) is 10.0 Å². The minimum Gasteiger partial charge on any atom is -0.396 e. The average molecular weight is 302 g/mol. The first kappa shape index (κ1) is 16.5. The summed E-state index contributed by atoms with van der Waals surface area (Å²) in [7, 11) is -4.11. The van der Waals surface area contributed by atoms with E-state index in [0.29, 0.717) is 24.8 Å². The van der Waals surface area contributed by atoms with Crippen LogP contribution in [0.4, 0.5) is 5.69 Å². The van der Waals surface area contributed by atoms with Crippen molar-refractivity contribution in [3.05, 3.63) is 33.9 Å². The quantitative estimate of drug-likeness (QED) is 0.426. The summed E-state index contributed by atoms with van der Waals surface area (Å²) >= 11 is 0. The number of primary sulfonamides is 1. The first-order valence-corrected chi connectivity index (χ1v) is 7.82. The number of nitro groups is 1. The molecule has 0 saturated carbocycles. The van der Waals surface area contributed by atoms with Gasteiger partial charge in [-0.3, -0.25) is 10.1 Å². The molecule has 0 radical (unpaired) electrons. The monoisotopic (exact) mass is 302 g/mol. The molecule has 0 aliphatic carbocycles. The molecule has 0 aliphatic rings. The number of aliphatic hydroxyl groups is 1. The second kappa shape index (κ2) is 7.32. The van der Waals surface area contributed by atoms with Crippen LogP contribution in [-0.4, -0.2) is 25.1 Å². The van der Waals surface area contributed by atoms with Crippen LogP contribution in [0.3, 0.4) is 0 Å². The molecule has 0 bridgehead atoms. The van der Waals surface area contributed by atoms with Gasteiger partial charge in [-0.15, -0.1) is 0 Å². The topological polar surface area (TPSA) is 124 Å². The first-order chi connectivity index (χ1) is 9.38. The Bertz CT molecular complexity index is 571. The Morgan fingerprint density at radius 3 is 2.40 bits per heavy atom. The van der Waals surface area contributed by atoms with Crippen LogP contribution in [0.5, 0.6) is 0 Å². The summed E-state index contributed by atoms with van der Waals surface area (Å²) in [5.41, 5.74) is -0.0670. The molecule has 3 N–H and O–H groups in total. The number of nitrogens with zero attached hydrogens (tertiary/aromatic N) is 1. The third kappa shape index (κ3) is 4.55.